The quantitative estimate of drug-likeness (QED) is 0.644. The van der Waals surface area contributed by atoms with Crippen LogP contribution in [-0.2, 0) is 4.79 Å². The highest BCUT2D eigenvalue weighted by atomic mass is 28.3. The first kappa shape index (κ1) is 23.2. The van der Waals surface area contributed by atoms with Crippen LogP contribution in [0.1, 0.15) is 38.7 Å². The Hall–Kier alpha value is -2.99. The molecule has 3 aliphatic rings. The van der Waals surface area contributed by atoms with E-state index in [0.29, 0.717) is 12.4 Å². The van der Waals surface area contributed by atoms with Crippen molar-refractivity contribution in [2.24, 2.45) is 4.99 Å². The molecule has 2 aliphatic heterocycles. The maximum atomic E-state index is 14.3. The van der Waals surface area contributed by atoms with Gasteiger partial charge in [-0.3, -0.25) is 9.79 Å². The number of benzene rings is 1. The SMILES string of the molecule is CC1(C)C2=C(CN1C(=O)Nc1c(F)cccc1C#N)C(NC(=O)C1([Si](C)(C)C)CCC1)=NC2. The molecule has 174 valence electrons. The summed E-state index contributed by atoms with van der Waals surface area (Å²) in [4.78, 5) is 32.7. The largest absolute Gasteiger partial charge is 0.322 e. The third kappa shape index (κ3) is 3.57. The number of carbonyl (C=O) groups is 2. The zero-order valence-corrected chi connectivity index (χ0v) is 20.8. The van der Waals surface area contributed by atoms with E-state index in [1.807, 2.05) is 19.9 Å². The Bertz CT molecular complexity index is 1140. The minimum absolute atomic E-state index is 0.0474. The molecule has 33 heavy (non-hydrogen) atoms. The Balaban J connectivity index is 1.53. The molecule has 7 nitrogen and oxygen atoms in total. The molecule has 1 saturated carbocycles. The highest BCUT2D eigenvalue weighted by Crippen LogP contribution is 2.55. The van der Waals surface area contributed by atoms with Gasteiger partial charge in [0.25, 0.3) is 0 Å². The lowest BCUT2D eigenvalue weighted by Gasteiger charge is -2.49. The van der Waals surface area contributed by atoms with Gasteiger partial charge in [-0.05, 0) is 44.4 Å². The van der Waals surface area contributed by atoms with E-state index in [9.17, 15) is 19.2 Å². The molecule has 2 heterocycles. The molecule has 0 bridgehead atoms. The van der Waals surface area contributed by atoms with Gasteiger partial charge in [0, 0.05) is 10.6 Å². The summed E-state index contributed by atoms with van der Waals surface area (Å²) < 4.78 is 14.3. The van der Waals surface area contributed by atoms with Crippen LogP contribution < -0.4 is 10.6 Å². The molecule has 0 radical (unpaired) electrons. The number of nitrogens with zero attached hydrogens (tertiary/aromatic N) is 3. The first-order valence-corrected chi connectivity index (χ1v) is 14.8. The molecule has 3 amide bonds. The van der Waals surface area contributed by atoms with Crippen molar-refractivity contribution in [2.45, 2.75) is 63.3 Å². The van der Waals surface area contributed by atoms with Crippen LogP contribution in [0, 0.1) is 17.1 Å². The molecule has 4 rings (SSSR count). The van der Waals surface area contributed by atoms with Crippen LogP contribution in [0.3, 0.4) is 0 Å². The van der Waals surface area contributed by atoms with Gasteiger partial charge in [0.1, 0.15) is 17.7 Å². The Morgan fingerprint density at radius 3 is 2.48 bits per heavy atom. The number of para-hydroxylation sites is 1. The Morgan fingerprint density at radius 2 is 1.91 bits per heavy atom. The molecule has 0 unspecified atom stereocenters. The Morgan fingerprint density at radius 1 is 1.21 bits per heavy atom. The monoisotopic (exact) mass is 467 g/mol. The lowest BCUT2D eigenvalue weighted by Crippen LogP contribution is -2.55. The summed E-state index contributed by atoms with van der Waals surface area (Å²) in [5, 5.41) is 14.7. The number of anilines is 1. The van der Waals surface area contributed by atoms with E-state index in [4.69, 9.17) is 0 Å². The van der Waals surface area contributed by atoms with E-state index in [0.717, 1.165) is 30.4 Å². The van der Waals surface area contributed by atoms with Crippen LogP contribution in [0.15, 0.2) is 34.3 Å². The van der Waals surface area contributed by atoms with Gasteiger partial charge in [-0.1, -0.05) is 32.1 Å². The molecule has 0 spiro atoms. The highest BCUT2D eigenvalue weighted by molar-refractivity contribution is 6.82. The number of hydrogen-bond donors (Lipinski definition) is 2. The average Bonchev–Trinajstić information content (AvgIpc) is 3.19. The third-order valence-electron chi connectivity index (χ3n) is 7.70. The molecule has 9 heteroatoms. The number of urea groups is 1. The molecular weight excluding hydrogens is 437 g/mol. The van der Waals surface area contributed by atoms with Gasteiger partial charge in [0.15, 0.2) is 0 Å². The Labute approximate surface area is 194 Å². The van der Waals surface area contributed by atoms with Crippen LogP contribution in [0.25, 0.3) is 0 Å². The second-order valence-corrected chi connectivity index (χ2v) is 16.1. The summed E-state index contributed by atoms with van der Waals surface area (Å²) in [6.45, 7) is 11.2. The highest BCUT2D eigenvalue weighted by Gasteiger charge is 2.54. The van der Waals surface area contributed by atoms with Crippen molar-refractivity contribution in [2.75, 3.05) is 18.4 Å². The van der Waals surface area contributed by atoms with Crippen molar-refractivity contribution in [1.29, 1.82) is 5.26 Å². The van der Waals surface area contributed by atoms with E-state index >= 15 is 0 Å². The van der Waals surface area contributed by atoms with Crippen molar-refractivity contribution >= 4 is 31.5 Å². The molecule has 1 fully saturated rings. The van der Waals surface area contributed by atoms with Gasteiger partial charge in [0.05, 0.1) is 38.0 Å². The summed E-state index contributed by atoms with van der Waals surface area (Å²) in [6, 6.07) is 5.51. The molecule has 0 saturated heterocycles. The molecule has 1 aliphatic carbocycles. The van der Waals surface area contributed by atoms with Crippen molar-refractivity contribution in [3.8, 4) is 6.07 Å². The fraction of sp³-hybridized carbons (Fsp3) is 0.500. The van der Waals surface area contributed by atoms with Crippen molar-refractivity contribution < 1.29 is 14.0 Å². The van der Waals surface area contributed by atoms with Crippen LogP contribution >= 0.6 is 0 Å². The van der Waals surface area contributed by atoms with Gasteiger partial charge in [-0.25, -0.2) is 9.18 Å². The first-order valence-electron chi connectivity index (χ1n) is 11.3. The number of nitrogens with one attached hydrogen (secondary N) is 2. The molecule has 1 aromatic carbocycles. The number of halogens is 1. The molecule has 2 N–H and O–H groups in total. The zero-order chi connectivity index (χ0) is 24.2. The molecule has 0 atom stereocenters. The minimum Gasteiger partial charge on any atom is -0.311 e. The van der Waals surface area contributed by atoms with Crippen LogP contribution in [-0.4, -0.2) is 49.4 Å². The minimum atomic E-state index is -1.73. The lowest BCUT2D eigenvalue weighted by atomic mass is 9.83. The Kier molecular flexibility index (Phi) is 5.48. The molecule has 1 aromatic rings. The van der Waals surface area contributed by atoms with Crippen LogP contribution in [0.4, 0.5) is 14.9 Å². The third-order valence-corrected chi connectivity index (χ3v) is 11.3. The molecule has 0 aromatic heterocycles. The fourth-order valence-corrected chi connectivity index (χ4v) is 7.78. The average molecular weight is 468 g/mol. The van der Waals surface area contributed by atoms with Crippen LogP contribution in [0.5, 0.6) is 0 Å². The van der Waals surface area contributed by atoms with Gasteiger partial charge >= 0.3 is 6.03 Å². The number of nitriles is 1. The smallest absolute Gasteiger partial charge is 0.311 e. The number of aliphatic imine (C=N–C) groups is 1. The predicted octanol–water partition coefficient (Wildman–Crippen LogP) is 4.41. The van der Waals surface area contributed by atoms with Gasteiger partial charge in [0.2, 0.25) is 5.91 Å². The number of amidine groups is 1. The maximum absolute atomic E-state index is 14.3. The van der Waals surface area contributed by atoms with E-state index in [2.05, 4.69) is 35.3 Å². The summed E-state index contributed by atoms with van der Waals surface area (Å²) >= 11 is 0. The van der Waals surface area contributed by atoms with Crippen molar-refractivity contribution in [3.63, 3.8) is 0 Å². The topological polar surface area (TPSA) is 97.6 Å². The second kappa shape index (κ2) is 7.80. The van der Waals surface area contributed by atoms with Crippen LogP contribution in [0.2, 0.25) is 24.7 Å². The molecular formula is C24H30FN5O2Si. The van der Waals surface area contributed by atoms with Crippen molar-refractivity contribution in [3.05, 3.63) is 40.7 Å². The summed E-state index contributed by atoms with van der Waals surface area (Å²) in [7, 11) is -1.73. The van der Waals surface area contributed by atoms with E-state index in [1.165, 1.54) is 18.2 Å². The summed E-state index contributed by atoms with van der Waals surface area (Å²) in [6.07, 6.45) is 2.90. The normalized spacial score (nSPS) is 20.5. The maximum Gasteiger partial charge on any atom is 0.322 e. The summed E-state index contributed by atoms with van der Waals surface area (Å²) in [5.74, 6) is -0.0655. The van der Waals surface area contributed by atoms with Gasteiger partial charge < -0.3 is 15.5 Å². The zero-order valence-electron chi connectivity index (χ0n) is 19.8. The van der Waals surface area contributed by atoms with E-state index in [-0.39, 0.29) is 28.7 Å². The van der Waals surface area contributed by atoms with Crippen molar-refractivity contribution in [1.82, 2.24) is 10.2 Å². The fourth-order valence-electron chi connectivity index (χ4n) is 5.18. The van der Waals surface area contributed by atoms with Gasteiger partial charge in [-0.2, -0.15) is 5.26 Å². The lowest BCUT2D eigenvalue weighted by molar-refractivity contribution is -0.125. The number of rotatable bonds is 3. The first-order chi connectivity index (χ1) is 15.4. The standard InChI is InChI=1S/C24H30FN5O2Si/c1-23(2)17-13-27-20(29-21(31)24(10-7-11-24)33(3,4)5)16(17)14-30(23)22(32)28-19-15(12-26)8-6-9-18(19)25/h6,8-9H,7,10-11,13-14H2,1-5H3,(H,28,32)(H,27,29,31). The van der Waals surface area contributed by atoms with E-state index in [1.54, 1.807) is 4.90 Å². The number of hydrogen-bond acceptors (Lipinski definition) is 4. The van der Waals surface area contributed by atoms with Gasteiger partial charge in [-0.15, -0.1) is 0 Å². The number of carbonyl (C=O) groups excluding carboxylic acids is 2. The predicted molar refractivity (Wildman–Crippen MR) is 128 cm³/mol. The second-order valence-electron chi connectivity index (χ2n) is 10.6. The number of amides is 3. The van der Waals surface area contributed by atoms with E-state index < -0.39 is 25.5 Å². The summed E-state index contributed by atoms with van der Waals surface area (Å²) in [5.41, 5.74) is 1.09.